The van der Waals surface area contributed by atoms with Crippen LogP contribution in [0.2, 0.25) is 0 Å². The van der Waals surface area contributed by atoms with Gasteiger partial charge in [0.05, 0.1) is 0 Å². The van der Waals surface area contributed by atoms with Crippen molar-refractivity contribution < 1.29 is 4.42 Å². The lowest BCUT2D eigenvalue weighted by atomic mass is 9.93. The van der Waals surface area contributed by atoms with E-state index in [1.54, 1.807) is 0 Å². The maximum atomic E-state index is 6.61. The van der Waals surface area contributed by atoms with Gasteiger partial charge in [0.1, 0.15) is 11.2 Å². The summed E-state index contributed by atoms with van der Waals surface area (Å²) < 4.78 is 6.61. The normalized spacial score (nSPS) is 11.4. The van der Waals surface area contributed by atoms with Gasteiger partial charge in [-0.25, -0.2) is 15.0 Å². The third kappa shape index (κ3) is 4.91. The zero-order chi connectivity index (χ0) is 32.0. The van der Waals surface area contributed by atoms with E-state index in [1.807, 2.05) is 30.3 Å². The van der Waals surface area contributed by atoms with Gasteiger partial charge in [0.25, 0.3) is 0 Å². The van der Waals surface area contributed by atoms with E-state index in [9.17, 15) is 0 Å². The molecule has 2 heterocycles. The van der Waals surface area contributed by atoms with E-state index in [-0.39, 0.29) is 0 Å². The summed E-state index contributed by atoms with van der Waals surface area (Å²) in [5.74, 6) is 1.84. The molecule has 0 saturated heterocycles. The highest BCUT2D eigenvalue weighted by Crippen LogP contribution is 2.42. The Labute approximate surface area is 278 Å². The molecule has 9 aromatic rings. The minimum absolute atomic E-state index is 0.595. The first-order valence-corrected chi connectivity index (χ1v) is 16.1. The van der Waals surface area contributed by atoms with Crippen LogP contribution in [0.25, 0.3) is 89.1 Å². The summed E-state index contributed by atoms with van der Waals surface area (Å²) >= 11 is 0. The van der Waals surface area contributed by atoms with Crippen LogP contribution in [0.1, 0.15) is 5.56 Å². The summed E-state index contributed by atoms with van der Waals surface area (Å²) in [6.07, 6.45) is 0. The topological polar surface area (TPSA) is 51.8 Å². The van der Waals surface area contributed by atoms with Crippen molar-refractivity contribution in [2.75, 3.05) is 0 Å². The molecule has 9 rings (SSSR count). The van der Waals surface area contributed by atoms with Gasteiger partial charge >= 0.3 is 0 Å². The quantitative estimate of drug-likeness (QED) is 0.193. The molecule has 0 unspecified atom stereocenters. The van der Waals surface area contributed by atoms with Crippen molar-refractivity contribution in [3.05, 3.63) is 163 Å². The molecule has 0 fully saturated rings. The minimum Gasteiger partial charge on any atom is -0.456 e. The number of furan rings is 1. The Bertz CT molecular complexity index is 2610. The monoisotopic (exact) mass is 615 g/mol. The molecule has 0 atom stereocenters. The van der Waals surface area contributed by atoms with Gasteiger partial charge in [-0.2, -0.15) is 0 Å². The third-order valence-corrected chi connectivity index (χ3v) is 8.97. The van der Waals surface area contributed by atoms with E-state index in [0.29, 0.717) is 17.5 Å². The van der Waals surface area contributed by atoms with Gasteiger partial charge in [-0.1, -0.05) is 145 Å². The second-order valence-corrected chi connectivity index (χ2v) is 12.1. The maximum absolute atomic E-state index is 6.61. The smallest absolute Gasteiger partial charge is 0.164 e. The number of aryl methyl sites for hydroxylation is 1. The molecule has 48 heavy (non-hydrogen) atoms. The van der Waals surface area contributed by atoms with Crippen LogP contribution in [0.15, 0.2) is 162 Å². The van der Waals surface area contributed by atoms with Crippen molar-refractivity contribution >= 4 is 32.7 Å². The lowest BCUT2D eigenvalue weighted by Crippen LogP contribution is -2.00. The summed E-state index contributed by atoms with van der Waals surface area (Å²) in [5.41, 5.74) is 10.3. The predicted molar refractivity (Wildman–Crippen MR) is 197 cm³/mol. The number of fused-ring (bicyclic) bond motifs is 4. The van der Waals surface area contributed by atoms with Gasteiger partial charge in [0.15, 0.2) is 17.5 Å². The third-order valence-electron chi connectivity index (χ3n) is 8.97. The van der Waals surface area contributed by atoms with Crippen LogP contribution >= 0.6 is 0 Å². The number of hydrogen-bond acceptors (Lipinski definition) is 4. The molecule has 0 aliphatic rings. The Hall–Kier alpha value is -6.39. The second kappa shape index (κ2) is 11.4. The number of hydrogen-bond donors (Lipinski definition) is 0. The molecule has 0 radical (unpaired) electrons. The highest BCUT2D eigenvalue weighted by molar-refractivity contribution is 6.20. The molecular formula is C44H29N3O. The summed E-state index contributed by atoms with van der Waals surface area (Å²) in [6.45, 7) is 2.11. The minimum atomic E-state index is 0.595. The molecule has 0 spiro atoms. The lowest BCUT2D eigenvalue weighted by molar-refractivity contribution is 0.669. The number of aromatic nitrogens is 3. The van der Waals surface area contributed by atoms with Gasteiger partial charge in [-0.05, 0) is 52.6 Å². The molecule has 0 aliphatic heterocycles. The highest BCUT2D eigenvalue weighted by Gasteiger charge is 2.18. The van der Waals surface area contributed by atoms with Gasteiger partial charge in [-0.15, -0.1) is 0 Å². The highest BCUT2D eigenvalue weighted by atomic mass is 16.3. The molecule has 0 bridgehead atoms. The molecule has 2 aromatic heterocycles. The van der Waals surface area contributed by atoms with Crippen molar-refractivity contribution in [2.45, 2.75) is 6.92 Å². The Morgan fingerprint density at radius 3 is 1.71 bits per heavy atom. The molecule has 0 N–H and O–H groups in total. The first-order chi connectivity index (χ1) is 23.7. The van der Waals surface area contributed by atoms with E-state index < -0.39 is 0 Å². The lowest BCUT2D eigenvalue weighted by Gasteiger charge is -2.10. The van der Waals surface area contributed by atoms with E-state index in [2.05, 4.69) is 134 Å². The van der Waals surface area contributed by atoms with E-state index in [1.165, 1.54) is 22.1 Å². The van der Waals surface area contributed by atoms with Crippen LogP contribution in [0.3, 0.4) is 0 Å². The second-order valence-electron chi connectivity index (χ2n) is 12.1. The van der Waals surface area contributed by atoms with Crippen LogP contribution in [-0.4, -0.2) is 15.0 Å². The van der Waals surface area contributed by atoms with E-state index in [4.69, 9.17) is 19.4 Å². The summed E-state index contributed by atoms with van der Waals surface area (Å²) in [7, 11) is 0. The molecule has 0 saturated carbocycles. The van der Waals surface area contributed by atoms with E-state index in [0.717, 1.165) is 55.1 Å². The summed E-state index contributed by atoms with van der Waals surface area (Å²) in [5, 5.41) is 4.51. The summed E-state index contributed by atoms with van der Waals surface area (Å²) in [4.78, 5) is 14.9. The van der Waals surface area contributed by atoms with Gasteiger partial charge in [0.2, 0.25) is 0 Å². The van der Waals surface area contributed by atoms with Crippen LogP contribution in [0.4, 0.5) is 0 Å². The molecule has 0 aliphatic carbocycles. The Morgan fingerprint density at radius 1 is 0.396 bits per heavy atom. The largest absolute Gasteiger partial charge is 0.456 e. The zero-order valence-electron chi connectivity index (χ0n) is 26.3. The Balaban J connectivity index is 1.20. The number of rotatable bonds is 5. The van der Waals surface area contributed by atoms with Gasteiger partial charge in [0, 0.05) is 33.0 Å². The molecule has 4 nitrogen and oxygen atoms in total. The van der Waals surface area contributed by atoms with Crippen LogP contribution in [0.5, 0.6) is 0 Å². The fourth-order valence-corrected chi connectivity index (χ4v) is 6.63. The van der Waals surface area contributed by atoms with Crippen LogP contribution < -0.4 is 0 Å². The fraction of sp³-hybridized carbons (Fsp3) is 0.0227. The maximum Gasteiger partial charge on any atom is 0.164 e. The van der Waals surface area contributed by atoms with Crippen LogP contribution in [-0.2, 0) is 0 Å². The first kappa shape index (κ1) is 27.9. The SMILES string of the molecule is Cc1cccc(-c2ccc(-c3nc(-c4ccccc4)nc(-c4ccc5c(c4)oc4cc6ccccc6c(-c6ccccc6)c45)n3)cc2)c1. The van der Waals surface area contributed by atoms with Crippen molar-refractivity contribution in [1.29, 1.82) is 0 Å². The summed E-state index contributed by atoms with van der Waals surface area (Å²) in [6, 6.07) is 54.5. The average Bonchev–Trinajstić information content (AvgIpc) is 3.51. The molecule has 0 amide bonds. The molecule has 4 heteroatoms. The zero-order valence-corrected chi connectivity index (χ0v) is 26.3. The Morgan fingerprint density at radius 2 is 0.979 bits per heavy atom. The number of nitrogens with zero attached hydrogens (tertiary/aromatic N) is 3. The fourth-order valence-electron chi connectivity index (χ4n) is 6.63. The van der Waals surface area contributed by atoms with Crippen LogP contribution in [0, 0.1) is 6.92 Å². The first-order valence-electron chi connectivity index (χ1n) is 16.1. The molecule has 7 aromatic carbocycles. The average molecular weight is 616 g/mol. The van der Waals surface area contributed by atoms with Gasteiger partial charge < -0.3 is 4.42 Å². The molecule has 226 valence electrons. The van der Waals surface area contributed by atoms with Crippen molar-refractivity contribution in [3.63, 3.8) is 0 Å². The van der Waals surface area contributed by atoms with Crippen molar-refractivity contribution in [2.24, 2.45) is 0 Å². The standard InChI is InChI=1S/C44H29N3O/c1-28-11-10-17-33(25-28)29-19-21-32(22-20-29)43-45-42(31-14-6-3-7-15-31)46-44(47-43)35-23-24-37-38(27-35)48-39-26-34-16-8-9-18-36(34)40(41(37)39)30-12-4-2-5-13-30/h2-27H,1H3. The Kier molecular flexibility index (Phi) is 6.65. The van der Waals surface area contributed by atoms with Crippen molar-refractivity contribution in [3.8, 4) is 56.4 Å². The number of benzene rings is 7. The van der Waals surface area contributed by atoms with Crippen molar-refractivity contribution in [1.82, 2.24) is 15.0 Å². The van der Waals surface area contributed by atoms with E-state index >= 15 is 0 Å². The predicted octanol–water partition coefficient (Wildman–Crippen LogP) is 11.6. The van der Waals surface area contributed by atoms with Gasteiger partial charge in [-0.3, -0.25) is 0 Å². The molecular weight excluding hydrogens is 587 g/mol.